The van der Waals surface area contributed by atoms with Crippen LogP contribution in [0.1, 0.15) is 35.6 Å². The maximum Gasteiger partial charge on any atom is 0.253 e. The smallest absolute Gasteiger partial charge is 0.253 e. The molecule has 2 N–H and O–H groups in total. The Morgan fingerprint density at radius 2 is 2.35 bits per heavy atom. The molecule has 2 aromatic rings. The molecular formula is C14H15FN2O3. The highest BCUT2D eigenvalue weighted by Crippen LogP contribution is 2.18. The van der Waals surface area contributed by atoms with Gasteiger partial charge in [-0.1, -0.05) is 0 Å². The highest BCUT2D eigenvalue weighted by Gasteiger charge is 2.17. The van der Waals surface area contributed by atoms with E-state index in [4.69, 9.17) is 4.42 Å². The molecule has 2 aromatic heterocycles. The molecular weight excluding hydrogens is 263 g/mol. The number of nitrogens with zero attached hydrogens (tertiary/aromatic N) is 1. The van der Waals surface area contributed by atoms with Gasteiger partial charge in [0.15, 0.2) is 0 Å². The summed E-state index contributed by atoms with van der Waals surface area (Å²) in [5.41, 5.74) is 0.143. The number of amides is 1. The van der Waals surface area contributed by atoms with E-state index in [1.54, 1.807) is 19.1 Å². The Bertz CT molecular complexity index is 572. The molecule has 0 fully saturated rings. The van der Waals surface area contributed by atoms with Gasteiger partial charge >= 0.3 is 0 Å². The summed E-state index contributed by atoms with van der Waals surface area (Å²) in [5, 5.41) is 12.6. The topological polar surface area (TPSA) is 75.4 Å². The van der Waals surface area contributed by atoms with Crippen molar-refractivity contribution >= 4 is 5.91 Å². The molecule has 0 aliphatic carbocycles. The first-order valence-electron chi connectivity index (χ1n) is 6.19. The zero-order chi connectivity index (χ0) is 14.5. The molecule has 0 saturated carbocycles. The second kappa shape index (κ2) is 6.29. The number of rotatable bonds is 5. The van der Waals surface area contributed by atoms with Crippen molar-refractivity contribution < 1.29 is 18.7 Å². The average Bonchev–Trinajstić information content (AvgIpc) is 2.92. The lowest BCUT2D eigenvalue weighted by Crippen LogP contribution is -2.33. The zero-order valence-electron chi connectivity index (χ0n) is 10.9. The van der Waals surface area contributed by atoms with Crippen molar-refractivity contribution in [2.24, 2.45) is 0 Å². The predicted octanol–water partition coefficient (Wildman–Crippen LogP) is 2.06. The summed E-state index contributed by atoms with van der Waals surface area (Å²) < 4.78 is 18.0. The third-order valence-electron chi connectivity index (χ3n) is 2.79. The third kappa shape index (κ3) is 3.64. The first-order chi connectivity index (χ1) is 9.56. The fourth-order valence-corrected chi connectivity index (χ4v) is 1.83. The minimum absolute atomic E-state index is 0.143. The number of pyridine rings is 1. The van der Waals surface area contributed by atoms with E-state index in [9.17, 15) is 14.3 Å². The van der Waals surface area contributed by atoms with Gasteiger partial charge in [-0.25, -0.2) is 4.39 Å². The molecule has 106 valence electrons. The Labute approximate surface area is 115 Å². The minimum Gasteiger partial charge on any atom is -0.467 e. The second-order valence-electron chi connectivity index (χ2n) is 4.53. The summed E-state index contributed by atoms with van der Waals surface area (Å²) in [7, 11) is 0. The fraction of sp³-hybridized carbons (Fsp3) is 0.286. The van der Waals surface area contributed by atoms with E-state index in [2.05, 4.69) is 10.3 Å². The van der Waals surface area contributed by atoms with Crippen molar-refractivity contribution in [3.05, 3.63) is 54.0 Å². The molecule has 2 heterocycles. The van der Waals surface area contributed by atoms with Crippen LogP contribution in [-0.2, 0) is 0 Å². The third-order valence-corrected chi connectivity index (χ3v) is 2.79. The molecule has 0 aromatic carbocycles. The van der Waals surface area contributed by atoms with Gasteiger partial charge in [0.2, 0.25) is 0 Å². The van der Waals surface area contributed by atoms with E-state index in [0.717, 1.165) is 12.3 Å². The number of aromatic nitrogens is 1. The van der Waals surface area contributed by atoms with Gasteiger partial charge in [-0.05, 0) is 25.1 Å². The van der Waals surface area contributed by atoms with Gasteiger partial charge < -0.3 is 14.8 Å². The van der Waals surface area contributed by atoms with Crippen LogP contribution in [0.25, 0.3) is 0 Å². The summed E-state index contributed by atoms with van der Waals surface area (Å²) in [6.45, 7) is 1.75. The lowest BCUT2D eigenvalue weighted by atomic mass is 10.1. The number of furan rings is 1. The highest BCUT2D eigenvalue weighted by molar-refractivity contribution is 5.94. The number of halogens is 1. The molecule has 2 rings (SSSR count). The first-order valence-corrected chi connectivity index (χ1v) is 6.19. The van der Waals surface area contributed by atoms with Crippen LogP contribution in [0.2, 0.25) is 0 Å². The molecule has 0 aliphatic rings. The zero-order valence-corrected chi connectivity index (χ0v) is 10.9. The van der Waals surface area contributed by atoms with Gasteiger partial charge in [0.1, 0.15) is 17.7 Å². The Morgan fingerprint density at radius 1 is 1.55 bits per heavy atom. The Morgan fingerprint density at radius 3 is 3.00 bits per heavy atom. The monoisotopic (exact) mass is 278 g/mol. The van der Waals surface area contributed by atoms with E-state index >= 15 is 0 Å². The molecule has 6 heteroatoms. The molecule has 20 heavy (non-hydrogen) atoms. The van der Waals surface area contributed by atoms with Crippen LogP contribution in [0.15, 0.2) is 41.3 Å². The number of aliphatic hydroxyl groups excluding tert-OH is 1. The molecule has 0 unspecified atom stereocenters. The number of hydrogen-bond acceptors (Lipinski definition) is 4. The first kappa shape index (κ1) is 14.2. The van der Waals surface area contributed by atoms with E-state index in [1.165, 1.54) is 12.5 Å². The van der Waals surface area contributed by atoms with Gasteiger partial charge in [-0.3, -0.25) is 9.78 Å². The maximum absolute atomic E-state index is 13.0. The summed E-state index contributed by atoms with van der Waals surface area (Å²) in [6.07, 6.45) is 3.28. The summed E-state index contributed by atoms with van der Waals surface area (Å²) >= 11 is 0. The van der Waals surface area contributed by atoms with Crippen molar-refractivity contribution in [3.63, 3.8) is 0 Å². The molecule has 5 nitrogen and oxygen atoms in total. The minimum atomic E-state index is -0.800. The lowest BCUT2D eigenvalue weighted by molar-refractivity contribution is 0.0902. The normalized spacial score (nSPS) is 13.8. The number of carbonyl (C=O) groups is 1. The predicted molar refractivity (Wildman–Crippen MR) is 69.4 cm³/mol. The van der Waals surface area contributed by atoms with Gasteiger partial charge in [0.05, 0.1) is 18.0 Å². The molecule has 0 saturated heterocycles. The van der Waals surface area contributed by atoms with E-state index in [0.29, 0.717) is 12.2 Å². The number of carbonyl (C=O) groups excluding carboxylic acids is 1. The van der Waals surface area contributed by atoms with Gasteiger partial charge in [0, 0.05) is 18.7 Å². The van der Waals surface area contributed by atoms with Crippen molar-refractivity contribution in [1.82, 2.24) is 10.3 Å². The van der Waals surface area contributed by atoms with Crippen LogP contribution in [-0.4, -0.2) is 22.0 Å². The van der Waals surface area contributed by atoms with Crippen LogP contribution in [0, 0.1) is 5.82 Å². The van der Waals surface area contributed by atoms with Crippen LogP contribution in [0.4, 0.5) is 4.39 Å². The van der Waals surface area contributed by atoms with Crippen molar-refractivity contribution in [3.8, 4) is 0 Å². The molecule has 0 bridgehead atoms. The average molecular weight is 278 g/mol. The van der Waals surface area contributed by atoms with E-state index < -0.39 is 17.8 Å². The standard InChI is InChI=1S/C14H15FN2O3/c1-9(5-12(18)13-3-2-4-20-13)17-14(19)10-6-11(15)8-16-7-10/h2-4,6-9,12,18H,5H2,1H3,(H,17,19)/t9-,12-/m0/s1. The SMILES string of the molecule is C[C@@H](C[C@H](O)c1ccco1)NC(=O)c1cncc(F)c1. The summed E-state index contributed by atoms with van der Waals surface area (Å²) in [4.78, 5) is 15.5. The number of nitrogens with one attached hydrogen (secondary N) is 1. The van der Waals surface area contributed by atoms with Crippen molar-refractivity contribution in [2.45, 2.75) is 25.5 Å². The Balaban J connectivity index is 1.91. The maximum atomic E-state index is 13.0. The highest BCUT2D eigenvalue weighted by atomic mass is 19.1. The van der Waals surface area contributed by atoms with Crippen LogP contribution in [0.5, 0.6) is 0 Å². The largest absolute Gasteiger partial charge is 0.467 e. The summed E-state index contributed by atoms with van der Waals surface area (Å²) in [5.74, 6) is -0.560. The fourth-order valence-electron chi connectivity index (χ4n) is 1.83. The molecule has 1 amide bonds. The van der Waals surface area contributed by atoms with Crippen molar-refractivity contribution in [1.29, 1.82) is 0 Å². The Hall–Kier alpha value is -2.21. The van der Waals surface area contributed by atoms with Crippen LogP contribution >= 0.6 is 0 Å². The molecule has 2 atom stereocenters. The molecule has 0 aliphatic heterocycles. The summed E-state index contributed by atoms with van der Waals surface area (Å²) in [6, 6.07) is 4.15. The second-order valence-corrected chi connectivity index (χ2v) is 4.53. The van der Waals surface area contributed by atoms with Gasteiger partial charge in [-0.15, -0.1) is 0 Å². The lowest BCUT2D eigenvalue weighted by Gasteiger charge is -2.16. The van der Waals surface area contributed by atoms with Gasteiger partial charge in [-0.2, -0.15) is 0 Å². The van der Waals surface area contributed by atoms with Crippen LogP contribution < -0.4 is 5.32 Å². The Kier molecular flexibility index (Phi) is 4.47. The van der Waals surface area contributed by atoms with Gasteiger partial charge in [0.25, 0.3) is 5.91 Å². The van der Waals surface area contributed by atoms with E-state index in [1.807, 2.05) is 0 Å². The van der Waals surface area contributed by atoms with Crippen molar-refractivity contribution in [2.75, 3.05) is 0 Å². The molecule has 0 radical (unpaired) electrons. The van der Waals surface area contributed by atoms with E-state index in [-0.39, 0.29) is 11.6 Å². The quantitative estimate of drug-likeness (QED) is 0.877. The molecule has 0 spiro atoms. The van der Waals surface area contributed by atoms with Crippen LogP contribution in [0.3, 0.4) is 0 Å². The number of hydrogen-bond donors (Lipinski definition) is 2. The number of aliphatic hydroxyl groups is 1.